The molecule has 0 aliphatic carbocycles. The highest BCUT2D eigenvalue weighted by Gasteiger charge is 2.36. The second kappa shape index (κ2) is 2.48. The van der Waals surface area contributed by atoms with Crippen molar-refractivity contribution in [2.24, 2.45) is 4.99 Å². The number of fused-ring (bicyclic) bond motifs is 2. The van der Waals surface area contributed by atoms with Gasteiger partial charge < -0.3 is 0 Å². The van der Waals surface area contributed by atoms with Crippen molar-refractivity contribution in [1.29, 1.82) is 0 Å². The summed E-state index contributed by atoms with van der Waals surface area (Å²) < 4.78 is 0. The number of allylic oxidation sites excluding steroid dienone is 1. The van der Waals surface area contributed by atoms with Gasteiger partial charge in [-0.15, -0.1) is 11.8 Å². The molecule has 1 atom stereocenters. The van der Waals surface area contributed by atoms with Crippen LogP contribution in [0.3, 0.4) is 0 Å². The molecule has 2 aliphatic heterocycles. The van der Waals surface area contributed by atoms with Crippen LogP contribution in [0.25, 0.3) is 0 Å². The normalized spacial score (nSPS) is 28.6. The molecular formula is C11H9NS. The summed E-state index contributed by atoms with van der Waals surface area (Å²) in [4.78, 5) is 5.60. The first-order valence-corrected chi connectivity index (χ1v) is 5.34. The van der Waals surface area contributed by atoms with E-state index in [0.29, 0.717) is 0 Å². The van der Waals surface area contributed by atoms with Gasteiger partial charge in [-0.1, -0.05) is 18.2 Å². The lowest BCUT2D eigenvalue weighted by atomic mass is 9.85. The van der Waals surface area contributed by atoms with Crippen LogP contribution in [0.5, 0.6) is 0 Å². The van der Waals surface area contributed by atoms with E-state index in [-0.39, 0.29) is 5.41 Å². The van der Waals surface area contributed by atoms with Gasteiger partial charge in [0.05, 0.1) is 5.41 Å². The summed E-state index contributed by atoms with van der Waals surface area (Å²) >= 11 is 1.92. The van der Waals surface area contributed by atoms with Crippen LogP contribution in [0.4, 0.5) is 0 Å². The van der Waals surface area contributed by atoms with Crippen molar-refractivity contribution >= 4 is 18.0 Å². The van der Waals surface area contributed by atoms with Crippen molar-refractivity contribution in [1.82, 2.24) is 0 Å². The Morgan fingerprint density at radius 2 is 2.23 bits per heavy atom. The van der Waals surface area contributed by atoms with Gasteiger partial charge in [-0.05, 0) is 17.7 Å². The Balaban J connectivity index is 2.22. The molecular weight excluding hydrogens is 178 g/mol. The molecule has 0 bridgehead atoms. The average molecular weight is 187 g/mol. The number of hydrogen-bond donors (Lipinski definition) is 0. The molecule has 1 nitrogen and oxygen atoms in total. The monoisotopic (exact) mass is 187 g/mol. The highest BCUT2D eigenvalue weighted by atomic mass is 32.2. The third-order valence-electron chi connectivity index (χ3n) is 2.62. The standard InChI is InChI=1S/C11H9NS/c1-2-4-10-9(3-1)11(8-13-10)5-6-12-7-11/h1-7H,8H2. The van der Waals surface area contributed by atoms with Crippen LogP contribution < -0.4 is 0 Å². The third kappa shape index (κ3) is 0.923. The van der Waals surface area contributed by atoms with Crippen LogP contribution in [0.15, 0.2) is 46.4 Å². The Bertz CT molecular complexity index is 394. The molecule has 0 aromatic heterocycles. The fourth-order valence-corrected chi connectivity index (χ4v) is 3.20. The van der Waals surface area contributed by atoms with Gasteiger partial charge in [0, 0.05) is 23.1 Å². The zero-order valence-electron chi connectivity index (χ0n) is 7.10. The second-order valence-corrected chi connectivity index (χ2v) is 4.44. The van der Waals surface area contributed by atoms with Gasteiger partial charge in [0.2, 0.25) is 0 Å². The molecule has 0 saturated heterocycles. The Labute approximate surface area is 81.6 Å². The molecule has 0 N–H and O–H groups in total. The molecule has 0 fully saturated rings. The second-order valence-electron chi connectivity index (χ2n) is 3.42. The number of nitrogens with zero attached hydrogens (tertiary/aromatic N) is 1. The summed E-state index contributed by atoms with van der Waals surface area (Å²) in [6, 6.07) is 8.60. The minimum absolute atomic E-state index is 0.112. The van der Waals surface area contributed by atoms with Crippen molar-refractivity contribution in [3.05, 3.63) is 42.1 Å². The van der Waals surface area contributed by atoms with Gasteiger partial charge >= 0.3 is 0 Å². The maximum atomic E-state index is 4.20. The lowest BCUT2D eigenvalue weighted by Gasteiger charge is -2.16. The van der Waals surface area contributed by atoms with E-state index in [1.54, 1.807) is 0 Å². The van der Waals surface area contributed by atoms with Gasteiger partial charge in [-0.25, -0.2) is 0 Å². The predicted molar refractivity (Wildman–Crippen MR) is 56.5 cm³/mol. The summed E-state index contributed by atoms with van der Waals surface area (Å²) in [6.07, 6.45) is 6.17. The molecule has 1 aromatic rings. The fourth-order valence-electron chi connectivity index (χ4n) is 1.89. The van der Waals surface area contributed by atoms with Gasteiger partial charge in [-0.2, -0.15) is 0 Å². The van der Waals surface area contributed by atoms with Crippen LogP contribution >= 0.6 is 11.8 Å². The highest BCUT2D eigenvalue weighted by Crippen LogP contribution is 2.44. The lowest BCUT2D eigenvalue weighted by molar-refractivity contribution is 0.859. The maximum Gasteiger partial charge on any atom is 0.0607 e. The largest absolute Gasteiger partial charge is 0.268 e. The Morgan fingerprint density at radius 1 is 1.31 bits per heavy atom. The first kappa shape index (κ1) is 7.39. The zero-order valence-corrected chi connectivity index (χ0v) is 7.92. The molecule has 3 rings (SSSR count). The van der Waals surface area contributed by atoms with E-state index >= 15 is 0 Å². The molecule has 0 saturated carbocycles. The molecule has 64 valence electrons. The first-order chi connectivity index (χ1) is 6.41. The minimum atomic E-state index is 0.112. The molecule has 2 heteroatoms. The predicted octanol–water partition coefficient (Wildman–Crippen LogP) is 2.63. The van der Waals surface area contributed by atoms with Crippen LogP contribution in [-0.2, 0) is 5.41 Å². The molecule has 0 radical (unpaired) electrons. The van der Waals surface area contributed by atoms with E-state index in [1.807, 2.05) is 18.0 Å². The number of aliphatic imine (C=N–C) groups is 1. The van der Waals surface area contributed by atoms with Gasteiger partial charge in [0.15, 0.2) is 0 Å². The maximum absolute atomic E-state index is 4.20. The Morgan fingerprint density at radius 3 is 3.08 bits per heavy atom. The summed E-state index contributed by atoms with van der Waals surface area (Å²) in [6.45, 7) is 0. The number of hydrogen-bond acceptors (Lipinski definition) is 2. The summed E-state index contributed by atoms with van der Waals surface area (Å²) in [7, 11) is 0. The van der Waals surface area contributed by atoms with Crippen molar-refractivity contribution in [2.75, 3.05) is 5.75 Å². The van der Waals surface area contributed by atoms with E-state index in [9.17, 15) is 0 Å². The quantitative estimate of drug-likeness (QED) is 0.608. The molecule has 1 aromatic carbocycles. The van der Waals surface area contributed by atoms with Gasteiger partial charge in [0.1, 0.15) is 0 Å². The summed E-state index contributed by atoms with van der Waals surface area (Å²) in [5.74, 6) is 1.10. The fraction of sp³-hybridized carbons (Fsp3) is 0.182. The molecule has 1 unspecified atom stereocenters. The van der Waals surface area contributed by atoms with Gasteiger partial charge in [0.25, 0.3) is 0 Å². The Hall–Kier alpha value is -1.02. The van der Waals surface area contributed by atoms with Gasteiger partial charge in [-0.3, -0.25) is 4.99 Å². The highest BCUT2D eigenvalue weighted by molar-refractivity contribution is 7.99. The number of thioether (sulfide) groups is 1. The van der Waals surface area contributed by atoms with Crippen molar-refractivity contribution in [2.45, 2.75) is 10.3 Å². The third-order valence-corrected chi connectivity index (χ3v) is 3.91. The van der Waals surface area contributed by atoms with E-state index in [0.717, 1.165) is 5.75 Å². The van der Waals surface area contributed by atoms with Crippen LogP contribution in [0, 0.1) is 0 Å². The topological polar surface area (TPSA) is 12.4 Å². The van der Waals surface area contributed by atoms with Crippen LogP contribution in [0.1, 0.15) is 5.56 Å². The first-order valence-electron chi connectivity index (χ1n) is 4.35. The molecule has 0 amide bonds. The SMILES string of the molecule is C1=CC2(C=N1)CSc1ccccc12. The van der Waals surface area contributed by atoms with Crippen LogP contribution in [0.2, 0.25) is 0 Å². The summed E-state index contributed by atoms with van der Waals surface area (Å²) in [5, 5.41) is 0. The minimum Gasteiger partial charge on any atom is -0.268 e. The molecule has 2 heterocycles. The number of rotatable bonds is 0. The van der Waals surface area contributed by atoms with E-state index in [4.69, 9.17) is 0 Å². The molecule has 1 spiro atoms. The molecule has 2 aliphatic rings. The Kier molecular flexibility index (Phi) is 1.41. The van der Waals surface area contributed by atoms with Crippen molar-refractivity contribution in [3.63, 3.8) is 0 Å². The zero-order chi connectivity index (χ0) is 8.73. The van der Waals surface area contributed by atoms with E-state index in [2.05, 4.69) is 41.5 Å². The molecule has 13 heavy (non-hydrogen) atoms. The van der Waals surface area contributed by atoms with E-state index < -0.39 is 0 Å². The summed E-state index contributed by atoms with van der Waals surface area (Å²) in [5.41, 5.74) is 1.53. The van der Waals surface area contributed by atoms with Crippen molar-refractivity contribution < 1.29 is 0 Å². The lowest BCUT2D eigenvalue weighted by Crippen LogP contribution is -2.22. The smallest absolute Gasteiger partial charge is 0.0607 e. The number of benzene rings is 1. The van der Waals surface area contributed by atoms with Crippen LogP contribution in [-0.4, -0.2) is 12.0 Å². The average Bonchev–Trinajstić information content (AvgIpc) is 2.78. The van der Waals surface area contributed by atoms with Crippen molar-refractivity contribution in [3.8, 4) is 0 Å². The van der Waals surface area contributed by atoms with E-state index in [1.165, 1.54) is 10.5 Å².